The van der Waals surface area contributed by atoms with E-state index in [4.69, 9.17) is 4.74 Å². The third-order valence-corrected chi connectivity index (χ3v) is 2.29. The summed E-state index contributed by atoms with van der Waals surface area (Å²) in [6.45, 7) is 4.63. The van der Waals surface area contributed by atoms with E-state index in [0.29, 0.717) is 22.8 Å². The first-order chi connectivity index (χ1) is 7.09. The second-order valence-corrected chi connectivity index (χ2v) is 4.48. The monoisotopic (exact) mass is 271 g/mol. The number of carbonyl (C=O) groups excluding carboxylic acids is 1. The Kier molecular flexibility index (Phi) is 4.75. The van der Waals surface area contributed by atoms with Crippen molar-refractivity contribution in [2.45, 2.75) is 20.3 Å². The molecule has 1 rings (SSSR count). The van der Waals surface area contributed by atoms with Crippen molar-refractivity contribution in [2.24, 2.45) is 5.92 Å². The highest BCUT2D eigenvalue weighted by Crippen LogP contribution is 2.08. The topological polar surface area (TPSA) is 39.2 Å². The number of hydrogen-bond acceptors (Lipinski definition) is 3. The lowest BCUT2D eigenvalue weighted by Gasteiger charge is -2.06. The number of hydrogen-bond donors (Lipinski definition) is 0. The van der Waals surface area contributed by atoms with Gasteiger partial charge in [-0.1, -0.05) is 19.9 Å². The molecule has 0 radical (unpaired) electrons. The van der Waals surface area contributed by atoms with Gasteiger partial charge in [-0.2, -0.15) is 0 Å². The minimum atomic E-state index is -0.364. The maximum atomic E-state index is 11.5. The van der Waals surface area contributed by atoms with Crippen molar-refractivity contribution < 1.29 is 9.53 Å². The molecule has 1 aromatic rings. The van der Waals surface area contributed by atoms with Crippen molar-refractivity contribution >= 4 is 21.9 Å². The average molecular weight is 272 g/mol. The van der Waals surface area contributed by atoms with Gasteiger partial charge in [0.1, 0.15) is 10.3 Å². The third-order valence-electron chi connectivity index (χ3n) is 1.85. The van der Waals surface area contributed by atoms with E-state index in [9.17, 15) is 4.79 Å². The van der Waals surface area contributed by atoms with Crippen LogP contribution < -0.4 is 0 Å². The molecule has 4 heteroatoms. The van der Waals surface area contributed by atoms with Crippen molar-refractivity contribution in [1.29, 1.82) is 0 Å². The van der Waals surface area contributed by atoms with E-state index in [1.54, 1.807) is 18.2 Å². The molecule has 0 saturated heterocycles. The highest BCUT2D eigenvalue weighted by atomic mass is 79.9. The van der Waals surface area contributed by atoms with E-state index in [1.165, 1.54) is 0 Å². The maximum absolute atomic E-state index is 11.5. The fourth-order valence-electron chi connectivity index (χ4n) is 0.983. The molecule has 0 aliphatic heterocycles. The lowest BCUT2D eigenvalue weighted by Crippen LogP contribution is -2.09. The van der Waals surface area contributed by atoms with Crippen LogP contribution in [-0.4, -0.2) is 17.6 Å². The number of pyridine rings is 1. The Morgan fingerprint density at radius 2 is 2.27 bits per heavy atom. The number of halogens is 1. The number of ether oxygens (including phenoxy) is 1. The Morgan fingerprint density at radius 1 is 1.53 bits per heavy atom. The molecule has 0 spiro atoms. The van der Waals surface area contributed by atoms with Crippen LogP contribution in [0, 0.1) is 5.92 Å². The van der Waals surface area contributed by atoms with E-state index < -0.39 is 0 Å². The Hall–Kier alpha value is -0.900. The van der Waals surface area contributed by atoms with Crippen molar-refractivity contribution in [3.63, 3.8) is 0 Å². The molecule has 0 aliphatic rings. The van der Waals surface area contributed by atoms with Crippen LogP contribution in [0.3, 0.4) is 0 Å². The summed E-state index contributed by atoms with van der Waals surface area (Å²) < 4.78 is 5.71. The van der Waals surface area contributed by atoms with Gasteiger partial charge in [-0.15, -0.1) is 0 Å². The van der Waals surface area contributed by atoms with E-state index in [-0.39, 0.29) is 5.97 Å². The van der Waals surface area contributed by atoms with Crippen LogP contribution in [0.4, 0.5) is 0 Å². The van der Waals surface area contributed by atoms with Gasteiger partial charge in [0.05, 0.1) is 6.61 Å². The first-order valence-corrected chi connectivity index (χ1v) is 5.68. The van der Waals surface area contributed by atoms with Crippen LogP contribution in [0.1, 0.15) is 30.8 Å². The van der Waals surface area contributed by atoms with Crippen LogP contribution in [-0.2, 0) is 4.74 Å². The SMILES string of the molecule is CC(C)CCOC(=O)c1cccc(Br)n1. The summed E-state index contributed by atoms with van der Waals surface area (Å²) in [6.07, 6.45) is 0.875. The summed E-state index contributed by atoms with van der Waals surface area (Å²) >= 11 is 3.20. The van der Waals surface area contributed by atoms with Gasteiger partial charge in [0, 0.05) is 0 Å². The summed E-state index contributed by atoms with van der Waals surface area (Å²) in [5.41, 5.74) is 0.341. The predicted molar refractivity (Wildman–Crippen MR) is 61.7 cm³/mol. The molecule has 0 N–H and O–H groups in total. The molecule has 0 saturated carbocycles. The highest BCUT2D eigenvalue weighted by Gasteiger charge is 2.08. The predicted octanol–water partition coefficient (Wildman–Crippen LogP) is 3.05. The molecule has 0 unspecified atom stereocenters. The fourth-order valence-corrected chi connectivity index (χ4v) is 1.33. The fraction of sp³-hybridized carbons (Fsp3) is 0.455. The zero-order chi connectivity index (χ0) is 11.3. The van der Waals surface area contributed by atoms with Crippen molar-refractivity contribution in [3.8, 4) is 0 Å². The summed E-state index contributed by atoms with van der Waals surface area (Å²) in [7, 11) is 0. The summed E-state index contributed by atoms with van der Waals surface area (Å²) in [6, 6.07) is 5.17. The van der Waals surface area contributed by atoms with Crippen LogP contribution in [0.25, 0.3) is 0 Å². The molecule has 0 atom stereocenters. The Bertz CT molecular complexity index is 339. The van der Waals surface area contributed by atoms with Gasteiger partial charge in [-0.3, -0.25) is 0 Å². The second-order valence-electron chi connectivity index (χ2n) is 3.66. The largest absolute Gasteiger partial charge is 0.461 e. The van der Waals surface area contributed by atoms with Crippen LogP contribution in [0.5, 0.6) is 0 Å². The van der Waals surface area contributed by atoms with Gasteiger partial charge >= 0.3 is 5.97 Å². The van der Waals surface area contributed by atoms with Crippen molar-refractivity contribution in [3.05, 3.63) is 28.5 Å². The standard InChI is InChI=1S/C11H14BrNO2/c1-8(2)6-7-15-11(14)9-4-3-5-10(12)13-9/h3-5,8H,6-7H2,1-2H3. The molecule has 1 aromatic heterocycles. The van der Waals surface area contributed by atoms with Gasteiger partial charge in [0.25, 0.3) is 0 Å². The molecule has 3 nitrogen and oxygen atoms in total. The quantitative estimate of drug-likeness (QED) is 0.624. The smallest absolute Gasteiger partial charge is 0.356 e. The summed E-state index contributed by atoms with van der Waals surface area (Å²) in [4.78, 5) is 15.5. The average Bonchev–Trinajstić information content (AvgIpc) is 2.17. The molecular formula is C11H14BrNO2. The number of aromatic nitrogens is 1. The van der Waals surface area contributed by atoms with Crippen molar-refractivity contribution in [2.75, 3.05) is 6.61 Å². The van der Waals surface area contributed by atoms with E-state index in [1.807, 2.05) is 0 Å². The minimum absolute atomic E-state index is 0.341. The third kappa shape index (κ3) is 4.42. The van der Waals surface area contributed by atoms with Crippen LogP contribution in [0.2, 0.25) is 0 Å². The van der Waals surface area contributed by atoms with E-state index in [0.717, 1.165) is 6.42 Å². The number of nitrogens with zero attached hydrogens (tertiary/aromatic N) is 1. The van der Waals surface area contributed by atoms with E-state index in [2.05, 4.69) is 34.8 Å². The molecule has 0 fully saturated rings. The number of rotatable bonds is 4. The number of esters is 1. The molecule has 1 heterocycles. The molecule has 15 heavy (non-hydrogen) atoms. The van der Waals surface area contributed by atoms with Gasteiger partial charge in [-0.05, 0) is 40.4 Å². The normalized spacial score (nSPS) is 10.4. The van der Waals surface area contributed by atoms with Gasteiger partial charge in [-0.25, -0.2) is 9.78 Å². The molecule has 0 aliphatic carbocycles. The highest BCUT2D eigenvalue weighted by molar-refractivity contribution is 9.10. The first-order valence-electron chi connectivity index (χ1n) is 4.89. The van der Waals surface area contributed by atoms with Crippen LogP contribution >= 0.6 is 15.9 Å². The van der Waals surface area contributed by atoms with Crippen molar-refractivity contribution in [1.82, 2.24) is 4.98 Å². The maximum Gasteiger partial charge on any atom is 0.356 e. The molecule has 0 aromatic carbocycles. The lowest BCUT2D eigenvalue weighted by atomic mass is 10.1. The van der Waals surface area contributed by atoms with Gasteiger partial charge < -0.3 is 4.74 Å². The number of carbonyl (C=O) groups is 1. The first kappa shape index (κ1) is 12.2. The van der Waals surface area contributed by atoms with Gasteiger partial charge in [0.15, 0.2) is 0 Å². The Morgan fingerprint density at radius 3 is 2.87 bits per heavy atom. The summed E-state index contributed by atoms with van der Waals surface area (Å²) in [5, 5.41) is 0. The zero-order valence-corrected chi connectivity index (χ0v) is 10.5. The summed E-state index contributed by atoms with van der Waals surface area (Å²) in [5.74, 6) is 0.171. The lowest BCUT2D eigenvalue weighted by molar-refractivity contribution is 0.0481. The minimum Gasteiger partial charge on any atom is -0.461 e. The van der Waals surface area contributed by atoms with E-state index >= 15 is 0 Å². The van der Waals surface area contributed by atoms with Crippen LogP contribution in [0.15, 0.2) is 22.8 Å². The Labute approximate surface area is 98.0 Å². The molecule has 0 amide bonds. The second kappa shape index (κ2) is 5.85. The molecule has 0 bridgehead atoms. The molecule has 82 valence electrons. The molecular weight excluding hydrogens is 258 g/mol. The zero-order valence-electron chi connectivity index (χ0n) is 8.87. The van der Waals surface area contributed by atoms with Gasteiger partial charge in [0.2, 0.25) is 0 Å². The Balaban J connectivity index is 2.47.